The number of halogens is 3. The minimum atomic E-state index is -4.76. The van der Waals surface area contributed by atoms with Gasteiger partial charge in [0, 0.05) is 19.1 Å². The van der Waals surface area contributed by atoms with Gasteiger partial charge >= 0.3 is 18.5 Å². The van der Waals surface area contributed by atoms with Crippen molar-refractivity contribution in [1.29, 1.82) is 0 Å². The van der Waals surface area contributed by atoms with Crippen LogP contribution in [0.5, 0.6) is 17.5 Å². The molecule has 2 aliphatic rings. The Hall–Kier alpha value is -3.18. The number of anilines is 1. The highest BCUT2D eigenvalue weighted by molar-refractivity contribution is 5.68. The van der Waals surface area contributed by atoms with Gasteiger partial charge in [-0.15, -0.1) is 18.3 Å². The summed E-state index contributed by atoms with van der Waals surface area (Å²) >= 11 is 0. The van der Waals surface area contributed by atoms with E-state index >= 15 is 0 Å². The monoisotopic (exact) mass is 511 g/mol. The molecular weight excluding hydrogens is 479 g/mol. The van der Waals surface area contributed by atoms with Crippen LogP contribution in [0.4, 0.5) is 23.9 Å². The van der Waals surface area contributed by atoms with Crippen LogP contribution in [0.25, 0.3) is 0 Å². The standard InChI is InChI=1S/C24H32F3N5O4/c1-14(2)32-21(34-17-8-10-18(11-9-17)35-24(25,26)27)29-20(30-32)28-19-15-6-7-16(19)13-31(12-15)22(33)36-23(3,4)5/h8-11,14-16,19H,6-7,12-13H2,1-5H3,(H,28,30)/t15-,16+,19?. The van der Waals surface area contributed by atoms with Crippen molar-refractivity contribution < 1.29 is 32.2 Å². The van der Waals surface area contributed by atoms with E-state index < -0.39 is 12.0 Å². The molecule has 4 rings (SSSR count). The topological polar surface area (TPSA) is 90.7 Å². The van der Waals surface area contributed by atoms with Gasteiger partial charge in [0.1, 0.15) is 17.1 Å². The van der Waals surface area contributed by atoms with Gasteiger partial charge < -0.3 is 24.4 Å². The highest BCUT2D eigenvalue weighted by atomic mass is 19.4. The van der Waals surface area contributed by atoms with Crippen molar-refractivity contribution in [2.45, 2.75) is 71.5 Å². The molecular formula is C24H32F3N5O4. The number of amides is 1. The number of hydrogen-bond donors (Lipinski definition) is 1. The van der Waals surface area contributed by atoms with Crippen molar-refractivity contribution in [2.75, 3.05) is 18.4 Å². The molecule has 1 aliphatic heterocycles. The molecule has 1 aliphatic carbocycles. The fraction of sp³-hybridized carbons (Fsp3) is 0.625. The molecule has 1 N–H and O–H groups in total. The highest BCUT2D eigenvalue weighted by Gasteiger charge is 2.44. The molecule has 2 fully saturated rings. The van der Waals surface area contributed by atoms with Gasteiger partial charge in [0.25, 0.3) is 0 Å². The molecule has 2 bridgehead atoms. The van der Waals surface area contributed by atoms with Crippen LogP contribution in [0.2, 0.25) is 0 Å². The Kier molecular flexibility index (Phi) is 6.98. The van der Waals surface area contributed by atoms with Crippen LogP contribution in [0.15, 0.2) is 24.3 Å². The lowest BCUT2D eigenvalue weighted by atomic mass is 9.92. The second-order valence-corrected chi connectivity index (χ2v) is 10.5. The summed E-state index contributed by atoms with van der Waals surface area (Å²) in [7, 11) is 0. The number of carbonyl (C=O) groups excluding carboxylic acids is 1. The predicted octanol–water partition coefficient (Wildman–Crippen LogP) is 5.61. The normalized spacial score (nSPS) is 22.0. The molecule has 3 atom stereocenters. The first-order valence-electron chi connectivity index (χ1n) is 12.0. The summed E-state index contributed by atoms with van der Waals surface area (Å²) in [5.74, 6) is 0.857. The quantitative estimate of drug-likeness (QED) is 0.539. The summed E-state index contributed by atoms with van der Waals surface area (Å²) in [6, 6.07) is 5.36. The number of nitrogens with one attached hydrogen (secondary N) is 1. The third kappa shape index (κ3) is 6.33. The van der Waals surface area contributed by atoms with Crippen LogP contribution in [-0.4, -0.2) is 56.9 Å². The molecule has 1 aromatic heterocycles. The van der Waals surface area contributed by atoms with Gasteiger partial charge in [-0.1, -0.05) is 0 Å². The Morgan fingerprint density at radius 3 is 2.17 bits per heavy atom. The summed E-state index contributed by atoms with van der Waals surface area (Å²) in [4.78, 5) is 18.8. The third-order valence-corrected chi connectivity index (χ3v) is 6.14. The van der Waals surface area contributed by atoms with E-state index in [0.717, 1.165) is 12.8 Å². The molecule has 1 saturated heterocycles. The number of ether oxygens (including phenoxy) is 3. The SMILES string of the molecule is CC(C)n1nc(NC2[C@@H]3CC[C@H]2CN(C(=O)OC(C)(C)C)C3)nc1Oc1ccc(OC(F)(F)F)cc1. The van der Waals surface area contributed by atoms with Gasteiger partial charge in [-0.25, -0.2) is 9.48 Å². The van der Waals surface area contributed by atoms with Crippen molar-refractivity contribution in [3.8, 4) is 17.5 Å². The summed E-state index contributed by atoms with van der Waals surface area (Å²) in [5, 5.41) is 8.00. The number of rotatable bonds is 6. The predicted molar refractivity (Wildman–Crippen MR) is 125 cm³/mol. The largest absolute Gasteiger partial charge is 0.573 e. The second-order valence-electron chi connectivity index (χ2n) is 10.5. The average molecular weight is 512 g/mol. The fourth-order valence-corrected chi connectivity index (χ4v) is 4.67. The zero-order valence-corrected chi connectivity index (χ0v) is 21.0. The molecule has 1 aromatic carbocycles. The van der Waals surface area contributed by atoms with Crippen molar-refractivity contribution >= 4 is 12.0 Å². The first kappa shape index (κ1) is 25.9. The number of piperidine rings is 1. The minimum Gasteiger partial charge on any atom is -0.444 e. The maximum Gasteiger partial charge on any atom is 0.573 e. The van der Waals surface area contributed by atoms with E-state index in [9.17, 15) is 18.0 Å². The molecule has 0 spiro atoms. The Balaban J connectivity index is 1.43. The van der Waals surface area contributed by atoms with E-state index in [1.165, 1.54) is 24.3 Å². The number of aromatic nitrogens is 3. The van der Waals surface area contributed by atoms with Crippen LogP contribution in [0.3, 0.4) is 0 Å². The molecule has 1 unspecified atom stereocenters. The Bertz CT molecular complexity index is 1050. The molecule has 1 saturated carbocycles. The maximum absolute atomic E-state index is 12.6. The molecule has 9 nitrogen and oxygen atoms in total. The maximum atomic E-state index is 12.6. The lowest BCUT2D eigenvalue weighted by molar-refractivity contribution is -0.274. The van der Waals surface area contributed by atoms with Gasteiger partial charge in [-0.05, 0) is 83.6 Å². The van der Waals surface area contributed by atoms with Crippen molar-refractivity contribution in [3.63, 3.8) is 0 Å². The number of carbonyl (C=O) groups is 1. The van der Waals surface area contributed by atoms with Gasteiger partial charge in [-0.3, -0.25) is 0 Å². The van der Waals surface area contributed by atoms with Crippen molar-refractivity contribution in [3.05, 3.63) is 24.3 Å². The highest BCUT2D eigenvalue weighted by Crippen LogP contribution is 2.39. The zero-order chi connectivity index (χ0) is 26.3. The van der Waals surface area contributed by atoms with Gasteiger partial charge in [0.15, 0.2) is 0 Å². The van der Waals surface area contributed by atoms with Gasteiger partial charge in [0.2, 0.25) is 5.95 Å². The molecule has 36 heavy (non-hydrogen) atoms. The lowest BCUT2D eigenvalue weighted by Gasteiger charge is -2.38. The Labute approximate surface area is 207 Å². The second kappa shape index (κ2) is 9.70. The summed E-state index contributed by atoms with van der Waals surface area (Å²) < 4.78 is 54.1. The number of likely N-dealkylation sites (tertiary alicyclic amines) is 1. The Morgan fingerprint density at radius 1 is 1.06 bits per heavy atom. The van der Waals surface area contributed by atoms with Crippen LogP contribution in [0, 0.1) is 11.8 Å². The first-order valence-corrected chi connectivity index (χ1v) is 12.0. The number of fused-ring (bicyclic) bond motifs is 2. The van der Waals surface area contributed by atoms with Crippen LogP contribution >= 0.6 is 0 Å². The lowest BCUT2D eigenvalue weighted by Crippen LogP contribution is -2.51. The van der Waals surface area contributed by atoms with Gasteiger partial charge in [-0.2, -0.15) is 4.98 Å². The summed E-state index contributed by atoms with van der Waals surface area (Å²) in [5.41, 5.74) is -0.541. The van der Waals surface area contributed by atoms with E-state index in [1.807, 2.05) is 34.6 Å². The fourth-order valence-electron chi connectivity index (χ4n) is 4.67. The number of alkyl halides is 3. The van der Waals surface area contributed by atoms with Crippen LogP contribution < -0.4 is 14.8 Å². The molecule has 198 valence electrons. The third-order valence-electron chi connectivity index (χ3n) is 6.14. The van der Waals surface area contributed by atoms with Crippen molar-refractivity contribution in [2.24, 2.45) is 11.8 Å². The first-order chi connectivity index (χ1) is 16.8. The van der Waals surface area contributed by atoms with E-state index in [1.54, 1.807) is 9.58 Å². The van der Waals surface area contributed by atoms with Crippen LogP contribution in [0.1, 0.15) is 53.5 Å². The Morgan fingerprint density at radius 2 is 1.64 bits per heavy atom. The molecule has 2 heterocycles. The molecule has 12 heteroatoms. The number of nitrogens with zero attached hydrogens (tertiary/aromatic N) is 4. The molecule has 2 aromatic rings. The zero-order valence-electron chi connectivity index (χ0n) is 21.0. The number of benzene rings is 1. The van der Waals surface area contributed by atoms with Crippen LogP contribution in [-0.2, 0) is 4.74 Å². The summed E-state index contributed by atoms with van der Waals surface area (Å²) in [6.45, 7) is 10.6. The van der Waals surface area contributed by atoms with Crippen molar-refractivity contribution in [1.82, 2.24) is 19.7 Å². The van der Waals surface area contributed by atoms with E-state index in [-0.39, 0.29) is 41.8 Å². The molecule has 1 amide bonds. The van der Waals surface area contributed by atoms with E-state index in [2.05, 4.69) is 20.1 Å². The number of hydrogen-bond acceptors (Lipinski definition) is 7. The smallest absolute Gasteiger partial charge is 0.444 e. The molecule has 0 radical (unpaired) electrons. The van der Waals surface area contributed by atoms with E-state index in [4.69, 9.17) is 9.47 Å². The average Bonchev–Trinajstić information content (AvgIpc) is 3.23. The van der Waals surface area contributed by atoms with E-state index in [0.29, 0.717) is 24.8 Å². The van der Waals surface area contributed by atoms with Gasteiger partial charge in [0.05, 0.1) is 6.04 Å². The minimum absolute atomic E-state index is 0.0679. The summed E-state index contributed by atoms with van der Waals surface area (Å²) in [6.07, 6.45) is -3.07.